The van der Waals surface area contributed by atoms with Gasteiger partial charge in [-0.2, -0.15) is 0 Å². The minimum Gasteiger partial charge on any atom is -0.488 e. The van der Waals surface area contributed by atoms with Crippen molar-refractivity contribution in [3.05, 3.63) is 69.7 Å². The molecule has 0 aliphatic rings. The third kappa shape index (κ3) is 2.99. The molecule has 4 heteroatoms. The molecule has 3 aromatic carbocycles. The molecular weight excluding hydrogens is 350 g/mol. The first-order chi connectivity index (χ1) is 10.1. The highest BCUT2D eigenvalue weighted by atomic mass is 79.9. The van der Waals surface area contributed by atoms with Crippen molar-refractivity contribution in [1.82, 2.24) is 0 Å². The van der Waals surface area contributed by atoms with E-state index in [0.29, 0.717) is 17.3 Å². The van der Waals surface area contributed by atoms with E-state index in [1.165, 1.54) is 5.39 Å². The van der Waals surface area contributed by atoms with Gasteiger partial charge < -0.3 is 10.5 Å². The average Bonchev–Trinajstić information content (AvgIpc) is 2.48. The highest BCUT2D eigenvalue weighted by molar-refractivity contribution is 9.10. The second-order valence-electron chi connectivity index (χ2n) is 4.73. The van der Waals surface area contributed by atoms with Gasteiger partial charge in [-0.1, -0.05) is 48.0 Å². The van der Waals surface area contributed by atoms with Gasteiger partial charge in [0.25, 0.3) is 0 Å². The van der Waals surface area contributed by atoms with Gasteiger partial charge >= 0.3 is 0 Å². The molecule has 3 rings (SSSR count). The third-order valence-electron chi connectivity index (χ3n) is 3.32. The summed E-state index contributed by atoms with van der Waals surface area (Å²) in [6.07, 6.45) is 0. The summed E-state index contributed by atoms with van der Waals surface area (Å²) in [6, 6.07) is 17.6. The molecule has 3 aromatic rings. The maximum Gasteiger partial charge on any atom is 0.134 e. The van der Waals surface area contributed by atoms with Crippen LogP contribution >= 0.6 is 27.5 Å². The van der Waals surface area contributed by atoms with Gasteiger partial charge in [-0.15, -0.1) is 0 Å². The molecule has 0 atom stereocenters. The number of nitrogen functional groups attached to an aromatic ring is 1. The summed E-state index contributed by atoms with van der Waals surface area (Å²) in [5.41, 5.74) is 7.49. The predicted molar refractivity (Wildman–Crippen MR) is 91.8 cm³/mol. The van der Waals surface area contributed by atoms with Crippen molar-refractivity contribution in [3.8, 4) is 5.75 Å². The Kier molecular flexibility index (Phi) is 4.04. The van der Waals surface area contributed by atoms with E-state index in [2.05, 4.69) is 28.1 Å². The smallest absolute Gasteiger partial charge is 0.134 e. The summed E-state index contributed by atoms with van der Waals surface area (Å²) in [4.78, 5) is 0. The zero-order chi connectivity index (χ0) is 14.8. The average molecular weight is 363 g/mol. The summed E-state index contributed by atoms with van der Waals surface area (Å²) >= 11 is 9.50. The van der Waals surface area contributed by atoms with Gasteiger partial charge in [-0.3, -0.25) is 0 Å². The van der Waals surface area contributed by atoms with Crippen molar-refractivity contribution in [3.63, 3.8) is 0 Å². The SMILES string of the molecule is Nc1cc(Cl)ccc1COc1ccc2ccccc2c1Br. The van der Waals surface area contributed by atoms with Gasteiger partial charge in [0, 0.05) is 16.3 Å². The van der Waals surface area contributed by atoms with E-state index in [-0.39, 0.29) is 0 Å². The Morgan fingerprint density at radius 2 is 1.86 bits per heavy atom. The van der Waals surface area contributed by atoms with Crippen LogP contribution in [0.15, 0.2) is 59.1 Å². The molecule has 2 N–H and O–H groups in total. The standard InChI is InChI=1S/C17H13BrClNO/c18-17-14-4-2-1-3-11(14)6-8-16(17)21-10-12-5-7-13(19)9-15(12)20/h1-9H,10,20H2. The number of rotatable bonds is 3. The van der Waals surface area contributed by atoms with Gasteiger partial charge in [-0.25, -0.2) is 0 Å². The number of anilines is 1. The van der Waals surface area contributed by atoms with Crippen molar-refractivity contribution >= 4 is 44.0 Å². The minimum atomic E-state index is 0.403. The first-order valence-electron chi connectivity index (χ1n) is 6.49. The number of benzene rings is 3. The van der Waals surface area contributed by atoms with Gasteiger partial charge in [0.2, 0.25) is 0 Å². The van der Waals surface area contributed by atoms with Crippen LogP contribution in [0.4, 0.5) is 5.69 Å². The van der Waals surface area contributed by atoms with Crippen molar-refractivity contribution in [2.24, 2.45) is 0 Å². The van der Waals surface area contributed by atoms with Gasteiger partial charge in [0.15, 0.2) is 0 Å². The predicted octanol–water partition coefficient (Wildman–Crippen LogP) is 5.42. The second kappa shape index (κ2) is 5.96. The molecule has 0 unspecified atom stereocenters. The van der Waals surface area contributed by atoms with Crippen LogP contribution in [0.25, 0.3) is 10.8 Å². The van der Waals surface area contributed by atoms with Crippen molar-refractivity contribution in [1.29, 1.82) is 0 Å². The molecule has 0 fully saturated rings. The Morgan fingerprint density at radius 3 is 2.67 bits per heavy atom. The van der Waals surface area contributed by atoms with Crippen LogP contribution in [-0.4, -0.2) is 0 Å². The Balaban J connectivity index is 1.87. The lowest BCUT2D eigenvalue weighted by Gasteiger charge is -2.12. The number of hydrogen-bond donors (Lipinski definition) is 1. The van der Waals surface area contributed by atoms with E-state index < -0.39 is 0 Å². The number of fused-ring (bicyclic) bond motifs is 1. The number of ether oxygens (including phenoxy) is 1. The van der Waals surface area contributed by atoms with Gasteiger partial charge in [0.1, 0.15) is 12.4 Å². The zero-order valence-electron chi connectivity index (χ0n) is 11.1. The van der Waals surface area contributed by atoms with Crippen molar-refractivity contribution in [2.45, 2.75) is 6.61 Å². The van der Waals surface area contributed by atoms with E-state index in [4.69, 9.17) is 22.1 Å². The molecule has 0 aliphatic heterocycles. The lowest BCUT2D eigenvalue weighted by atomic mass is 10.1. The lowest BCUT2D eigenvalue weighted by molar-refractivity contribution is 0.305. The molecule has 0 saturated carbocycles. The molecule has 0 amide bonds. The van der Waals surface area contributed by atoms with Crippen LogP contribution < -0.4 is 10.5 Å². The van der Waals surface area contributed by atoms with Crippen LogP contribution in [0.3, 0.4) is 0 Å². The molecule has 0 radical (unpaired) electrons. The summed E-state index contributed by atoms with van der Waals surface area (Å²) in [7, 11) is 0. The maximum atomic E-state index is 5.94. The van der Waals surface area contributed by atoms with Crippen LogP contribution in [-0.2, 0) is 6.61 Å². The van der Waals surface area contributed by atoms with E-state index in [9.17, 15) is 0 Å². The van der Waals surface area contributed by atoms with Crippen LogP contribution in [0, 0.1) is 0 Å². The number of nitrogens with two attached hydrogens (primary N) is 1. The summed E-state index contributed by atoms with van der Waals surface area (Å²) in [5.74, 6) is 0.794. The van der Waals surface area contributed by atoms with E-state index >= 15 is 0 Å². The quantitative estimate of drug-likeness (QED) is 0.632. The Bertz CT molecular complexity index is 804. The van der Waals surface area contributed by atoms with Crippen LogP contribution in [0.5, 0.6) is 5.75 Å². The Labute approximate surface area is 136 Å². The molecule has 0 heterocycles. The minimum absolute atomic E-state index is 0.403. The molecule has 21 heavy (non-hydrogen) atoms. The molecule has 0 spiro atoms. The number of hydrogen-bond acceptors (Lipinski definition) is 2. The largest absolute Gasteiger partial charge is 0.488 e. The molecule has 0 aromatic heterocycles. The highest BCUT2D eigenvalue weighted by Crippen LogP contribution is 2.33. The molecular formula is C17H13BrClNO. The lowest BCUT2D eigenvalue weighted by Crippen LogP contribution is -2.00. The molecule has 0 saturated heterocycles. The molecule has 2 nitrogen and oxygen atoms in total. The second-order valence-corrected chi connectivity index (χ2v) is 5.96. The first-order valence-corrected chi connectivity index (χ1v) is 7.66. The van der Waals surface area contributed by atoms with Crippen LogP contribution in [0.2, 0.25) is 5.02 Å². The number of halogens is 2. The Hall–Kier alpha value is -1.71. The monoisotopic (exact) mass is 361 g/mol. The van der Waals surface area contributed by atoms with E-state index in [1.54, 1.807) is 6.07 Å². The van der Waals surface area contributed by atoms with E-state index in [0.717, 1.165) is 21.2 Å². The third-order valence-corrected chi connectivity index (χ3v) is 4.37. The van der Waals surface area contributed by atoms with Gasteiger partial charge in [-0.05, 0) is 44.9 Å². The topological polar surface area (TPSA) is 35.2 Å². The van der Waals surface area contributed by atoms with E-state index in [1.807, 2.05) is 36.4 Å². The van der Waals surface area contributed by atoms with Crippen molar-refractivity contribution < 1.29 is 4.74 Å². The normalized spacial score (nSPS) is 10.8. The summed E-state index contributed by atoms with van der Waals surface area (Å²) in [5, 5.41) is 2.92. The van der Waals surface area contributed by atoms with Gasteiger partial charge in [0.05, 0.1) is 4.47 Å². The summed E-state index contributed by atoms with van der Waals surface area (Å²) in [6.45, 7) is 0.403. The first kappa shape index (κ1) is 14.2. The molecule has 0 aliphatic carbocycles. The molecule has 106 valence electrons. The Morgan fingerprint density at radius 1 is 1.05 bits per heavy atom. The van der Waals surface area contributed by atoms with Crippen molar-refractivity contribution in [2.75, 3.05) is 5.73 Å². The highest BCUT2D eigenvalue weighted by Gasteiger charge is 2.07. The zero-order valence-corrected chi connectivity index (χ0v) is 13.5. The van der Waals surface area contributed by atoms with Crippen LogP contribution in [0.1, 0.15) is 5.56 Å². The summed E-state index contributed by atoms with van der Waals surface area (Å²) < 4.78 is 6.83. The fraction of sp³-hybridized carbons (Fsp3) is 0.0588. The molecule has 0 bridgehead atoms. The fourth-order valence-corrected chi connectivity index (χ4v) is 2.97. The fourth-order valence-electron chi connectivity index (χ4n) is 2.18. The maximum absolute atomic E-state index is 5.94.